The molecule has 0 spiro atoms. The first-order valence-electron chi connectivity index (χ1n) is 21.2. The highest BCUT2D eigenvalue weighted by molar-refractivity contribution is 6.90. The van der Waals surface area contributed by atoms with Crippen molar-refractivity contribution in [1.29, 1.82) is 0 Å². The number of carbonyl (C=O) groups is 1. The quantitative estimate of drug-likeness (QED) is 0.122. The number of benzene rings is 2. The van der Waals surface area contributed by atoms with Crippen LogP contribution in [0.4, 0.5) is 19.4 Å². The summed E-state index contributed by atoms with van der Waals surface area (Å²) in [6.45, 7) is 22.4. The maximum Gasteiger partial charge on any atom is 0.410 e. The molecule has 0 N–H and O–H groups in total. The summed E-state index contributed by atoms with van der Waals surface area (Å²) in [7, 11) is -0.327. The number of rotatable bonds is 9. The lowest BCUT2D eigenvalue weighted by Crippen LogP contribution is -2.43. The summed E-state index contributed by atoms with van der Waals surface area (Å²) in [5.41, 5.74) is 4.89. The van der Waals surface area contributed by atoms with Gasteiger partial charge in [0.1, 0.15) is 43.1 Å². The number of halogens is 2. The first-order chi connectivity index (χ1) is 27.5. The first kappa shape index (κ1) is 41.8. The van der Waals surface area contributed by atoms with Crippen molar-refractivity contribution in [1.82, 2.24) is 24.8 Å². The van der Waals surface area contributed by atoms with E-state index in [0.29, 0.717) is 64.9 Å². The van der Waals surface area contributed by atoms with E-state index in [2.05, 4.69) is 57.9 Å². The van der Waals surface area contributed by atoms with Crippen molar-refractivity contribution in [3.63, 3.8) is 0 Å². The number of amides is 1. The standard InChI is InChI=1S/C46H60F2N6O3Si/c1-29(2)58(30(3)4,31(5)6)25-19-34-37(47)17-16-32-14-11-15-35(38(32)34)40-39(48)41-36(26-49-40)42(52(10)33-18-24-53(27-33)44(55)57-45(7,8)9)51-43(50-41)56-28-46-20-12-22-54(46)23-13-21-46/h11,14-17,26,29-31,33H,12-13,18,20-24,27-28H2,1-10H3/t33-/m1/s1. The Hall–Kier alpha value is -4.34. The van der Waals surface area contributed by atoms with E-state index >= 15 is 8.78 Å². The van der Waals surface area contributed by atoms with Crippen LogP contribution in [-0.2, 0) is 4.74 Å². The van der Waals surface area contributed by atoms with E-state index in [1.807, 2.05) is 44.9 Å². The molecule has 0 aliphatic carbocycles. The molecule has 12 heteroatoms. The molecular formula is C46H60F2N6O3Si. The Kier molecular flexibility index (Phi) is 11.5. The van der Waals surface area contributed by atoms with Crippen LogP contribution >= 0.6 is 0 Å². The van der Waals surface area contributed by atoms with Crippen molar-refractivity contribution in [2.24, 2.45) is 0 Å². The molecule has 3 aliphatic heterocycles. The number of nitrogens with zero attached hydrogens (tertiary/aromatic N) is 6. The molecular weight excluding hydrogens is 751 g/mol. The van der Waals surface area contributed by atoms with Gasteiger partial charge in [-0.15, -0.1) is 5.54 Å². The van der Waals surface area contributed by atoms with Gasteiger partial charge in [0.25, 0.3) is 0 Å². The summed E-state index contributed by atoms with van der Waals surface area (Å²) in [5.74, 6) is 2.73. The number of likely N-dealkylation sites (N-methyl/N-ethyl adjacent to an activating group) is 1. The van der Waals surface area contributed by atoms with Gasteiger partial charge in [0.2, 0.25) is 0 Å². The van der Waals surface area contributed by atoms with Crippen LogP contribution in [0.25, 0.3) is 32.9 Å². The van der Waals surface area contributed by atoms with Crippen LogP contribution in [0.3, 0.4) is 0 Å². The molecule has 3 aliphatic rings. The van der Waals surface area contributed by atoms with Crippen LogP contribution in [0.2, 0.25) is 16.6 Å². The molecule has 0 bridgehead atoms. The van der Waals surface area contributed by atoms with Gasteiger partial charge in [-0.1, -0.05) is 71.7 Å². The molecule has 7 rings (SSSR count). The molecule has 4 aromatic rings. The average Bonchev–Trinajstić information content (AvgIpc) is 3.91. The van der Waals surface area contributed by atoms with Gasteiger partial charge in [0.05, 0.1) is 16.5 Å². The van der Waals surface area contributed by atoms with Crippen LogP contribution in [0.15, 0.2) is 36.5 Å². The molecule has 1 amide bonds. The highest BCUT2D eigenvalue weighted by atomic mass is 28.3. The second-order valence-electron chi connectivity index (χ2n) is 18.7. The maximum absolute atomic E-state index is 17.5. The topological polar surface area (TPSA) is 83.9 Å². The van der Waals surface area contributed by atoms with Gasteiger partial charge >= 0.3 is 12.1 Å². The number of pyridine rings is 1. The van der Waals surface area contributed by atoms with E-state index < -0.39 is 25.3 Å². The molecule has 9 nitrogen and oxygen atoms in total. The Bertz CT molecular complexity index is 2230. The van der Waals surface area contributed by atoms with Crippen molar-refractivity contribution in [2.45, 2.75) is 128 Å². The predicted octanol–water partition coefficient (Wildman–Crippen LogP) is 10.1. The van der Waals surface area contributed by atoms with E-state index in [9.17, 15) is 4.79 Å². The molecule has 1 atom stereocenters. The van der Waals surface area contributed by atoms with Gasteiger partial charge in [0, 0.05) is 43.3 Å². The van der Waals surface area contributed by atoms with E-state index in [-0.39, 0.29) is 40.5 Å². The zero-order chi connectivity index (χ0) is 41.7. The fourth-order valence-corrected chi connectivity index (χ4v) is 15.4. The van der Waals surface area contributed by atoms with Gasteiger partial charge in [-0.25, -0.2) is 13.6 Å². The van der Waals surface area contributed by atoms with Gasteiger partial charge in [-0.3, -0.25) is 9.88 Å². The zero-order valence-electron chi connectivity index (χ0n) is 36.0. The normalized spacial score (nSPS) is 18.4. The number of hydrogen-bond donors (Lipinski definition) is 0. The molecule has 0 radical (unpaired) electrons. The summed E-state index contributed by atoms with van der Waals surface area (Å²) < 4.78 is 45.7. The van der Waals surface area contributed by atoms with Crippen molar-refractivity contribution in [3.8, 4) is 28.7 Å². The number of hydrogen-bond acceptors (Lipinski definition) is 8. The van der Waals surface area contributed by atoms with Crippen LogP contribution < -0.4 is 9.64 Å². The fraction of sp³-hybridized carbons (Fsp3) is 0.565. The zero-order valence-corrected chi connectivity index (χ0v) is 37.0. The highest BCUT2D eigenvalue weighted by Gasteiger charge is 2.45. The Morgan fingerprint density at radius 3 is 2.34 bits per heavy atom. The second kappa shape index (κ2) is 16.0. The minimum atomic E-state index is -2.23. The summed E-state index contributed by atoms with van der Waals surface area (Å²) in [6.07, 6.45) is 6.22. The van der Waals surface area contributed by atoms with E-state index in [4.69, 9.17) is 24.4 Å². The fourth-order valence-electron chi connectivity index (χ4n) is 10.2. The van der Waals surface area contributed by atoms with Crippen LogP contribution in [0, 0.1) is 23.1 Å². The Morgan fingerprint density at radius 1 is 1.00 bits per heavy atom. The number of likely N-dealkylation sites (tertiary alicyclic amines) is 1. The third-order valence-corrected chi connectivity index (χ3v) is 19.4. The third kappa shape index (κ3) is 7.65. The van der Waals surface area contributed by atoms with Gasteiger partial charge in [0.15, 0.2) is 5.82 Å². The smallest absolute Gasteiger partial charge is 0.410 e. The number of ether oxygens (including phenoxy) is 2. The highest BCUT2D eigenvalue weighted by Crippen LogP contribution is 2.43. The lowest BCUT2D eigenvalue weighted by molar-refractivity contribution is 0.0292. The number of carbonyl (C=O) groups excluding carboxylic acids is 1. The monoisotopic (exact) mass is 810 g/mol. The number of fused-ring (bicyclic) bond motifs is 3. The number of aromatic nitrogens is 3. The molecule has 310 valence electrons. The van der Waals surface area contributed by atoms with Gasteiger partial charge in [-0.05, 0) is 94.0 Å². The lowest BCUT2D eigenvalue weighted by Gasteiger charge is -2.38. The van der Waals surface area contributed by atoms with E-state index in [1.54, 1.807) is 23.2 Å². The molecule has 3 fully saturated rings. The van der Waals surface area contributed by atoms with Crippen LogP contribution in [-0.4, -0.2) is 95.9 Å². The number of anilines is 1. The minimum absolute atomic E-state index is 0.0541. The molecule has 0 unspecified atom stereocenters. The van der Waals surface area contributed by atoms with Gasteiger partial charge in [-0.2, -0.15) is 9.97 Å². The van der Waals surface area contributed by atoms with E-state index in [1.165, 1.54) is 6.07 Å². The molecule has 0 saturated carbocycles. The maximum atomic E-state index is 17.5. The molecule has 58 heavy (non-hydrogen) atoms. The third-order valence-electron chi connectivity index (χ3n) is 13.1. The lowest BCUT2D eigenvalue weighted by atomic mass is 9.95. The molecule has 2 aromatic carbocycles. The van der Waals surface area contributed by atoms with Crippen molar-refractivity contribution in [2.75, 3.05) is 44.7 Å². The predicted molar refractivity (Wildman–Crippen MR) is 231 cm³/mol. The SMILES string of the molecule is CC(C)[Si](C#Cc1c(F)ccc2cccc(-c3ncc4c(N(C)[C@@H]5CCN(C(=O)OC(C)(C)C)C5)nc(OCC56CCCN5CCC6)nc4c3F)c12)(C(C)C)C(C)C. The first-order valence-corrected chi connectivity index (χ1v) is 23.4. The van der Waals surface area contributed by atoms with Crippen LogP contribution in [0.1, 0.15) is 100.0 Å². The summed E-state index contributed by atoms with van der Waals surface area (Å²) in [6, 6.07) is 8.66. The molecule has 2 aromatic heterocycles. The van der Waals surface area contributed by atoms with Gasteiger partial charge < -0.3 is 19.3 Å². The van der Waals surface area contributed by atoms with Crippen molar-refractivity contribution >= 4 is 41.7 Å². The average molecular weight is 811 g/mol. The summed E-state index contributed by atoms with van der Waals surface area (Å²) in [5, 5.41) is 1.69. The van der Waals surface area contributed by atoms with Crippen molar-refractivity contribution < 1.29 is 23.0 Å². The Labute approximate surface area is 343 Å². The minimum Gasteiger partial charge on any atom is -0.461 e. The molecule has 5 heterocycles. The summed E-state index contributed by atoms with van der Waals surface area (Å²) >= 11 is 0. The Balaban J connectivity index is 1.35. The van der Waals surface area contributed by atoms with Crippen LogP contribution in [0.5, 0.6) is 6.01 Å². The molecule has 3 saturated heterocycles. The Morgan fingerprint density at radius 2 is 1.69 bits per heavy atom. The second-order valence-corrected chi connectivity index (χ2v) is 24.3. The van der Waals surface area contributed by atoms with Crippen molar-refractivity contribution in [3.05, 3.63) is 53.7 Å². The van der Waals surface area contributed by atoms with E-state index in [0.717, 1.165) is 44.2 Å². The summed E-state index contributed by atoms with van der Waals surface area (Å²) in [4.78, 5) is 33.6. The largest absolute Gasteiger partial charge is 0.461 e.